The zero-order valence-electron chi connectivity index (χ0n) is 21.4. The fourth-order valence-electron chi connectivity index (χ4n) is 4.23. The number of methoxy groups -OCH3 is 1. The van der Waals surface area contributed by atoms with E-state index in [-0.39, 0.29) is 16.3 Å². The van der Waals surface area contributed by atoms with Crippen molar-refractivity contribution in [2.75, 3.05) is 31.0 Å². The number of rotatable bonds is 9. The van der Waals surface area contributed by atoms with Crippen LogP contribution in [0.15, 0.2) is 82.8 Å². The summed E-state index contributed by atoms with van der Waals surface area (Å²) in [7, 11) is -2.69. The van der Waals surface area contributed by atoms with Crippen LogP contribution in [0.3, 0.4) is 0 Å². The number of halogens is 1. The number of hydrazone groups is 1. The average molecular weight is 555 g/mol. The molecule has 1 fully saturated rings. The normalized spacial score (nSPS) is 14.1. The van der Waals surface area contributed by atoms with Crippen LogP contribution < -0.4 is 14.5 Å². The van der Waals surface area contributed by atoms with Gasteiger partial charge in [0.1, 0.15) is 12.3 Å². The Morgan fingerprint density at radius 3 is 2.39 bits per heavy atom. The number of hydrogen-bond donors (Lipinski definition) is 1. The van der Waals surface area contributed by atoms with Crippen molar-refractivity contribution < 1.29 is 17.9 Å². The molecule has 200 valence electrons. The Balaban J connectivity index is 1.48. The lowest BCUT2D eigenvalue weighted by atomic mass is 10.1. The van der Waals surface area contributed by atoms with Crippen molar-refractivity contribution in [1.82, 2.24) is 10.3 Å². The molecule has 38 heavy (non-hydrogen) atoms. The third-order valence-corrected chi connectivity index (χ3v) is 8.34. The number of hydrogen-bond acceptors (Lipinski definition) is 6. The second kappa shape index (κ2) is 12.4. The van der Waals surface area contributed by atoms with Gasteiger partial charge in [-0.25, -0.2) is 13.8 Å². The highest BCUT2D eigenvalue weighted by molar-refractivity contribution is 7.92. The number of ether oxygens (including phenoxy) is 1. The number of aryl methyl sites for hydroxylation is 1. The van der Waals surface area contributed by atoms with Gasteiger partial charge in [0.2, 0.25) is 0 Å². The minimum absolute atomic E-state index is 0.0510. The van der Waals surface area contributed by atoms with E-state index in [1.807, 2.05) is 25.1 Å². The van der Waals surface area contributed by atoms with Crippen molar-refractivity contribution in [1.29, 1.82) is 0 Å². The van der Waals surface area contributed by atoms with E-state index in [1.165, 1.54) is 30.9 Å². The maximum absolute atomic E-state index is 13.7. The molecule has 1 saturated heterocycles. The molecule has 0 unspecified atom stereocenters. The van der Waals surface area contributed by atoms with E-state index < -0.39 is 22.5 Å². The van der Waals surface area contributed by atoms with Crippen LogP contribution in [-0.2, 0) is 21.4 Å². The van der Waals surface area contributed by atoms with Gasteiger partial charge in [-0.05, 0) is 42.8 Å². The van der Waals surface area contributed by atoms with Crippen LogP contribution in [0.5, 0.6) is 5.75 Å². The van der Waals surface area contributed by atoms with E-state index in [1.54, 1.807) is 24.3 Å². The van der Waals surface area contributed by atoms with E-state index in [0.29, 0.717) is 5.02 Å². The maximum atomic E-state index is 13.7. The van der Waals surface area contributed by atoms with Crippen LogP contribution in [0.4, 0.5) is 5.69 Å². The summed E-state index contributed by atoms with van der Waals surface area (Å²) in [5.74, 6) is -0.295. The zero-order valence-corrected chi connectivity index (χ0v) is 23.0. The summed E-state index contributed by atoms with van der Waals surface area (Å²) in [6, 6.07) is 21.3. The molecule has 0 radical (unpaired) electrons. The molecule has 1 aliphatic heterocycles. The third kappa shape index (κ3) is 6.92. The number of piperidine rings is 1. The van der Waals surface area contributed by atoms with Gasteiger partial charge in [0.15, 0.2) is 0 Å². The lowest BCUT2D eigenvalue weighted by Gasteiger charge is -2.27. The van der Waals surface area contributed by atoms with Gasteiger partial charge in [-0.1, -0.05) is 59.6 Å². The van der Waals surface area contributed by atoms with E-state index >= 15 is 0 Å². The predicted molar refractivity (Wildman–Crippen MR) is 150 cm³/mol. The Hall–Kier alpha value is -3.40. The minimum atomic E-state index is -4.12. The predicted octanol–water partition coefficient (Wildman–Crippen LogP) is 4.62. The molecule has 0 spiro atoms. The minimum Gasteiger partial charge on any atom is -0.495 e. The molecule has 0 atom stereocenters. The number of sulfonamides is 1. The first-order valence-corrected chi connectivity index (χ1v) is 14.1. The number of carbonyl (C=O) groups excluding carboxylic acids is 1. The van der Waals surface area contributed by atoms with Crippen LogP contribution in [0, 0.1) is 6.92 Å². The number of likely N-dealkylation sites (tertiary alicyclic amines) is 1. The van der Waals surface area contributed by atoms with E-state index in [2.05, 4.69) is 27.6 Å². The molecule has 4 rings (SSSR count). The van der Waals surface area contributed by atoms with Crippen molar-refractivity contribution in [3.05, 3.63) is 88.9 Å². The third-order valence-electron chi connectivity index (χ3n) is 6.33. The zero-order chi connectivity index (χ0) is 27.1. The highest BCUT2D eigenvalue weighted by atomic mass is 35.5. The summed E-state index contributed by atoms with van der Waals surface area (Å²) in [5.41, 5.74) is 5.76. The van der Waals surface area contributed by atoms with E-state index in [9.17, 15) is 13.2 Å². The van der Waals surface area contributed by atoms with Gasteiger partial charge >= 0.3 is 0 Å². The van der Waals surface area contributed by atoms with Gasteiger partial charge in [-0.15, -0.1) is 0 Å². The SMILES string of the molecule is COc1ccc(Cl)cc1N(CC(=O)NN=C1CCN(Cc2ccccc2)CC1)S(=O)(=O)c1ccc(C)cc1. The summed E-state index contributed by atoms with van der Waals surface area (Å²) in [6.45, 7) is 3.90. The highest BCUT2D eigenvalue weighted by Crippen LogP contribution is 2.34. The van der Waals surface area contributed by atoms with Gasteiger partial charge < -0.3 is 4.74 Å². The Morgan fingerprint density at radius 2 is 1.74 bits per heavy atom. The van der Waals surface area contributed by atoms with Gasteiger partial charge in [0.25, 0.3) is 15.9 Å². The van der Waals surface area contributed by atoms with Crippen LogP contribution in [0.2, 0.25) is 5.02 Å². The smallest absolute Gasteiger partial charge is 0.264 e. The fraction of sp³-hybridized carbons (Fsp3) is 0.286. The fourth-order valence-corrected chi connectivity index (χ4v) is 5.81. The number of carbonyl (C=O) groups is 1. The van der Waals surface area contributed by atoms with E-state index in [4.69, 9.17) is 16.3 Å². The first kappa shape index (κ1) is 27.6. The van der Waals surface area contributed by atoms with Crippen molar-refractivity contribution in [2.45, 2.75) is 31.2 Å². The molecule has 10 heteroatoms. The summed E-state index contributed by atoms with van der Waals surface area (Å²) in [6.07, 6.45) is 1.45. The van der Waals surface area contributed by atoms with Gasteiger partial charge in [-0.2, -0.15) is 5.10 Å². The molecule has 1 heterocycles. The second-order valence-electron chi connectivity index (χ2n) is 9.12. The van der Waals surface area contributed by atoms with Crippen molar-refractivity contribution >= 4 is 38.9 Å². The molecule has 0 aliphatic carbocycles. The number of nitrogens with zero attached hydrogens (tertiary/aromatic N) is 3. The topological polar surface area (TPSA) is 91.3 Å². The molecule has 0 bridgehead atoms. The lowest BCUT2D eigenvalue weighted by Crippen LogP contribution is -2.40. The molecule has 1 aliphatic rings. The van der Waals surface area contributed by atoms with Gasteiger partial charge in [-0.3, -0.25) is 14.0 Å². The van der Waals surface area contributed by atoms with Crippen molar-refractivity contribution in [3.8, 4) is 5.75 Å². The first-order chi connectivity index (χ1) is 18.3. The molecular weight excluding hydrogens is 524 g/mol. The number of amides is 1. The van der Waals surface area contributed by atoms with Crippen LogP contribution in [0.1, 0.15) is 24.0 Å². The average Bonchev–Trinajstić information content (AvgIpc) is 2.92. The van der Waals surface area contributed by atoms with Crippen molar-refractivity contribution in [3.63, 3.8) is 0 Å². The van der Waals surface area contributed by atoms with Crippen LogP contribution in [0.25, 0.3) is 0 Å². The van der Waals surface area contributed by atoms with Crippen LogP contribution in [-0.4, -0.2) is 51.7 Å². The number of anilines is 1. The number of nitrogens with one attached hydrogen (secondary N) is 1. The Kier molecular flexibility index (Phi) is 9.04. The Bertz CT molecular complexity index is 1390. The second-order valence-corrected chi connectivity index (χ2v) is 11.4. The molecule has 3 aromatic rings. The molecule has 8 nitrogen and oxygen atoms in total. The Labute approximate surface area is 228 Å². The van der Waals surface area contributed by atoms with Gasteiger partial charge in [0.05, 0.1) is 17.7 Å². The molecule has 1 amide bonds. The summed E-state index contributed by atoms with van der Waals surface area (Å²) in [4.78, 5) is 15.4. The molecule has 3 aromatic carbocycles. The summed E-state index contributed by atoms with van der Waals surface area (Å²) < 4.78 is 33.7. The molecule has 1 N–H and O–H groups in total. The van der Waals surface area contributed by atoms with E-state index in [0.717, 1.165) is 48.1 Å². The molecular formula is C28H31ClN4O4S. The molecule has 0 aromatic heterocycles. The Morgan fingerprint density at radius 1 is 1.05 bits per heavy atom. The van der Waals surface area contributed by atoms with Crippen LogP contribution >= 0.6 is 11.6 Å². The monoisotopic (exact) mass is 554 g/mol. The quantitative estimate of drug-likeness (QED) is 0.390. The standard InChI is InChI=1S/C28H31ClN4O4S/c1-21-8-11-25(12-9-21)38(35,36)33(26-18-23(29)10-13-27(26)37-2)20-28(34)31-30-24-14-16-32(17-15-24)19-22-6-4-3-5-7-22/h3-13,18H,14-17,19-20H2,1-2H3,(H,31,34). The first-order valence-electron chi connectivity index (χ1n) is 12.3. The van der Waals surface area contributed by atoms with Gasteiger partial charge in [0, 0.05) is 43.2 Å². The summed E-state index contributed by atoms with van der Waals surface area (Å²) in [5, 5.41) is 4.62. The lowest BCUT2D eigenvalue weighted by molar-refractivity contribution is -0.119. The highest BCUT2D eigenvalue weighted by Gasteiger charge is 2.30. The largest absolute Gasteiger partial charge is 0.495 e. The molecule has 0 saturated carbocycles. The maximum Gasteiger partial charge on any atom is 0.264 e. The van der Waals surface area contributed by atoms with Crippen molar-refractivity contribution in [2.24, 2.45) is 5.10 Å². The number of benzene rings is 3. The summed E-state index contributed by atoms with van der Waals surface area (Å²) >= 11 is 6.19.